The van der Waals surface area contributed by atoms with Gasteiger partial charge in [0, 0.05) is 12.6 Å². The van der Waals surface area contributed by atoms with Gasteiger partial charge in [-0.05, 0) is 32.7 Å². The van der Waals surface area contributed by atoms with E-state index in [9.17, 15) is 0 Å². The molecule has 1 aliphatic carbocycles. The first-order valence-corrected chi connectivity index (χ1v) is 4.71. The van der Waals surface area contributed by atoms with Crippen LogP contribution in [0.4, 0.5) is 0 Å². The van der Waals surface area contributed by atoms with Crippen LogP contribution in [0.5, 0.6) is 0 Å². The summed E-state index contributed by atoms with van der Waals surface area (Å²) < 4.78 is 5.54. The third-order valence-corrected chi connectivity index (χ3v) is 2.28. The normalized spacial score (nSPS) is 31.1. The van der Waals surface area contributed by atoms with E-state index in [4.69, 9.17) is 4.74 Å². The second kappa shape index (κ2) is 4.73. The van der Waals surface area contributed by atoms with Crippen LogP contribution in [0.25, 0.3) is 0 Å². The lowest BCUT2D eigenvalue weighted by Gasteiger charge is -2.11. The van der Waals surface area contributed by atoms with Crippen LogP contribution in [0.1, 0.15) is 33.1 Å². The van der Waals surface area contributed by atoms with Gasteiger partial charge in [-0.15, -0.1) is 0 Å². The van der Waals surface area contributed by atoms with Gasteiger partial charge in [-0.25, -0.2) is 0 Å². The monoisotopic (exact) mass is 157 g/mol. The van der Waals surface area contributed by atoms with Gasteiger partial charge in [0.15, 0.2) is 0 Å². The van der Waals surface area contributed by atoms with Crippen molar-refractivity contribution >= 4 is 0 Å². The molecular weight excluding hydrogens is 138 g/mol. The average Bonchev–Trinajstić information content (AvgIpc) is 2.38. The Morgan fingerprint density at radius 1 is 1.36 bits per heavy atom. The molecule has 0 bridgehead atoms. The van der Waals surface area contributed by atoms with Crippen LogP contribution in [0.3, 0.4) is 0 Å². The van der Waals surface area contributed by atoms with Crippen molar-refractivity contribution in [3.63, 3.8) is 0 Å². The molecule has 1 rings (SSSR count). The molecule has 0 aromatic heterocycles. The summed E-state index contributed by atoms with van der Waals surface area (Å²) in [5.74, 6) is 0. The van der Waals surface area contributed by atoms with E-state index in [1.165, 1.54) is 19.3 Å². The second-order valence-electron chi connectivity index (χ2n) is 3.15. The Kier molecular flexibility index (Phi) is 3.87. The SMILES string of the molecule is CCNC1CCC(OCC)C1. The topological polar surface area (TPSA) is 21.3 Å². The zero-order valence-corrected chi connectivity index (χ0v) is 7.60. The van der Waals surface area contributed by atoms with Crippen molar-refractivity contribution in [3.8, 4) is 0 Å². The van der Waals surface area contributed by atoms with Crippen LogP contribution in [-0.2, 0) is 4.74 Å². The fraction of sp³-hybridized carbons (Fsp3) is 1.00. The van der Waals surface area contributed by atoms with Crippen molar-refractivity contribution in [1.82, 2.24) is 5.32 Å². The summed E-state index contributed by atoms with van der Waals surface area (Å²) in [5.41, 5.74) is 0. The van der Waals surface area contributed by atoms with E-state index in [1.54, 1.807) is 0 Å². The third-order valence-electron chi connectivity index (χ3n) is 2.28. The van der Waals surface area contributed by atoms with Crippen molar-refractivity contribution in [2.24, 2.45) is 0 Å². The summed E-state index contributed by atoms with van der Waals surface area (Å²) in [6.45, 7) is 6.18. The maximum Gasteiger partial charge on any atom is 0.0590 e. The first kappa shape index (κ1) is 9.01. The first-order valence-electron chi connectivity index (χ1n) is 4.71. The molecule has 2 atom stereocenters. The van der Waals surface area contributed by atoms with Crippen LogP contribution in [0.2, 0.25) is 0 Å². The maximum absolute atomic E-state index is 5.54. The Labute approximate surface area is 69.3 Å². The van der Waals surface area contributed by atoms with Crippen molar-refractivity contribution < 1.29 is 4.74 Å². The Morgan fingerprint density at radius 2 is 2.18 bits per heavy atom. The molecule has 0 aromatic rings. The maximum atomic E-state index is 5.54. The fourth-order valence-corrected chi connectivity index (χ4v) is 1.80. The van der Waals surface area contributed by atoms with Gasteiger partial charge in [-0.2, -0.15) is 0 Å². The van der Waals surface area contributed by atoms with Crippen LogP contribution in [0.15, 0.2) is 0 Å². The predicted molar refractivity (Wildman–Crippen MR) is 46.7 cm³/mol. The zero-order chi connectivity index (χ0) is 8.10. The minimum absolute atomic E-state index is 0.532. The molecule has 0 heterocycles. The Bertz CT molecular complexity index is 93.7. The van der Waals surface area contributed by atoms with E-state index in [0.717, 1.165) is 19.2 Å². The summed E-state index contributed by atoms with van der Waals surface area (Å²) >= 11 is 0. The average molecular weight is 157 g/mol. The molecule has 66 valence electrons. The van der Waals surface area contributed by atoms with Crippen molar-refractivity contribution in [2.45, 2.75) is 45.3 Å². The van der Waals surface area contributed by atoms with Gasteiger partial charge in [0.05, 0.1) is 6.10 Å². The molecule has 11 heavy (non-hydrogen) atoms. The molecule has 0 radical (unpaired) electrons. The fourth-order valence-electron chi connectivity index (χ4n) is 1.80. The first-order chi connectivity index (χ1) is 5.36. The van der Waals surface area contributed by atoms with Crippen molar-refractivity contribution in [1.29, 1.82) is 0 Å². The van der Waals surface area contributed by atoms with Gasteiger partial charge < -0.3 is 10.1 Å². The van der Waals surface area contributed by atoms with Gasteiger partial charge in [0.2, 0.25) is 0 Å². The van der Waals surface area contributed by atoms with Crippen molar-refractivity contribution in [3.05, 3.63) is 0 Å². The molecule has 0 aliphatic heterocycles. The molecule has 0 aromatic carbocycles. The summed E-state index contributed by atoms with van der Waals surface area (Å²) in [6.07, 6.45) is 4.27. The molecule has 2 unspecified atom stereocenters. The molecule has 1 fully saturated rings. The molecule has 0 amide bonds. The molecule has 2 heteroatoms. The van der Waals surface area contributed by atoms with E-state index >= 15 is 0 Å². The number of ether oxygens (including phenoxy) is 1. The summed E-state index contributed by atoms with van der Waals surface area (Å²) in [7, 11) is 0. The minimum atomic E-state index is 0.532. The number of hydrogen-bond donors (Lipinski definition) is 1. The van der Waals surface area contributed by atoms with Gasteiger partial charge in [0.1, 0.15) is 0 Å². The van der Waals surface area contributed by atoms with Gasteiger partial charge in [-0.3, -0.25) is 0 Å². The van der Waals surface area contributed by atoms with Crippen LogP contribution >= 0.6 is 0 Å². The van der Waals surface area contributed by atoms with E-state index in [0.29, 0.717) is 6.10 Å². The molecule has 1 N–H and O–H groups in total. The molecule has 0 saturated heterocycles. The smallest absolute Gasteiger partial charge is 0.0590 e. The summed E-state index contributed by atoms with van der Waals surface area (Å²) in [6, 6.07) is 0.719. The zero-order valence-electron chi connectivity index (χ0n) is 7.60. The van der Waals surface area contributed by atoms with Gasteiger partial charge >= 0.3 is 0 Å². The summed E-state index contributed by atoms with van der Waals surface area (Å²) in [4.78, 5) is 0. The lowest BCUT2D eigenvalue weighted by molar-refractivity contribution is 0.0667. The Morgan fingerprint density at radius 3 is 2.82 bits per heavy atom. The lowest BCUT2D eigenvalue weighted by atomic mass is 10.2. The molecule has 2 nitrogen and oxygen atoms in total. The largest absolute Gasteiger partial charge is 0.378 e. The Hall–Kier alpha value is -0.0800. The number of hydrogen-bond acceptors (Lipinski definition) is 2. The number of nitrogens with one attached hydrogen (secondary N) is 1. The molecule has 0 spiro atoms. The quantitative estimate of drug-likeness (QED) is 0.668. The highest BCUT2D eigenvalue weighted by atomic mass is 16.5. The standard InChI is InChI=1S/C9H19NO/c1-3-10-8-5-6-9(7-8)11-4-2/h8-10H,3-7H2,1-2H3. The van der Waals surface area contributed by atoms with Gasteiger partial charge in [-0.1, -0.05) is 6.92 Å². The van der Waals surface area contributed by atoms with Gasteiger partial charge in [0.25, 0.3) is 0 Å². The second-order valence-corrected chi connectivity index (χ2v) is 3.15. The van der Waals surface area contributed by atoms with E-state index in [1.807, 2.05) is 0 Å². The third kappa shape index (κ3) is 2.80. The van der Waals surface area contributed by atoms with E-state index in [2.05, 4.69) is 19.2 Å². The van der Waals surface area contributed by atoms with E-state index in [-0.39, 0.29) is 0 Å². The Balaban J connectivity index is 2.12. The van der Waals surface area contributed by atoms with Crippen LogP contribution < -0.4 is 5.32 Å². The van der Waals surface area contributed by atoms with E-state index < -0.39 is 0 Å². The highest BCUT2D eigenvalue weighted by Crippen LogP contribution is 2.21. The predicted octanol–water partition coefficient (Wildman–Crippen LogP) is 1.55. The highest BCUT2D eigenvalue weighted by molar-refractivity contribution is 4.80. The van der Waals surface area contributed by atoms with Crippen molar-refractivity contribution in [2.75, 3.05) is 13.2 Å². The molecule has 1 aliphatic rings. The molecular formula is C9H19NO. The molecule has 1 saturated carbocycles. The summed E-state index contributed by atoms with van der Waals surface area (Å²) in [5, 5.41) is 3.45. The lowest BCUT2D eigenvalue weighted by Crippen LogP contribution is -2.26. The minimum Gasteiger partial charge on any atom is -0.378 e. The number of rotatable bonds is 4. The van der Waals surface area contributed by atoms with Crippen LogP contribution in [0, 0.1) is 0 Å². The van der Waals surface area contributed by atoms with Crippen LogP contribution in [-0.4, -0.2) is 25.3 Å². The highest BCUT2D eigenvalue weighted by Gasteiger charge is 2.23.